The highest BCUT2D eigenvalue weighted by Gasteiger charge is 2.26. The lowest BCUT2D eigenvalue weighted by molar-refractivity contribution is -0.361. The lowest BCUT2D eigenvalue weighted by atomic mass is 10.0. The molecular weight excluding hydrogens is 158 g/mol. The maximum atomic E-state index is 2.35. The lowest BCUT2D eigenvalue weighted by Crippen LogP contribution is -2.15. The van der Waals surface area contributed by atoms with Crippen molar-refractivity contribution in [2.45, 2.75) is 19.3 Å². The average molecular weight is 170 g/mol. The molecule has 0 saturated carbocycles. The summed E-state index contributed by atoms with van der Waals surface area (Å²) in [6, 6.07) is 8.69. The summed E-state index contributed by atoms with van der Waals surface area (Å²) in [7, 11) is 0. The van der Waals surface area contributed by atoms with Crippen LogP contribution < -0.4 is 0 Å². The molecule has 1 nitrogen and oxygen atoms in total. The summed E-state index contributed by atoms with van der Waals surface area (Å²) in [5, 5.41) is 0. The van der Waals surface area contributed by atoms with Gasteiger partial charge in [-0.1, -0.05) is 18.2 Å². The van der Waals surface area contributed by atoms with Crippen molar-refractivity contribution in [3.8, 4) is 0 Å². The molecule has 0 unspecified atom stereocenters. The largest absolute Gasteiger partial charge is 0.213 e. The Labute approximate surface area is 78.0 Å². The van der Waals surface area contributed by atoms with Crippen molar-refractivity contribution in [3.05, 3.63) is 42.1 Å². The van der Waals surface area contributed by atoms with Crippen LogP contribution in [0, 0.1) is 0 Å². The molecule has 2 aliphatic heterocycles. The van der Waals surface area contributed by atoms with Crippen molar-refractivity contribution in [1.29, 1.82) is 0 Å². The third-order valence-electron chi connectivity index (χ3n) is 2.88. The molecule has 0 fully saturated rings. The van der Waals surface area contributed by atoms with E-state index >= 15 is 0 Å². The standard InChI is InChI=1S/C12H12N/c1-2-6-12-10(4-1)7-8-11-5-3-9-13(11)12/h1-4,6,9H,5,7-8H2/q+1. The molecule has 0 radical (unpaired) electrons. The van der Waals surface area contributed by atoms with Gasteiger partial charge in [-0.3, -0.25) is 0 Å². The van der Waals surface area contributed by atoms with Crippen molar-refractivity contribution in [2.75, 3.05) is 0 Å². The zero-order valence-corrected chi connectivity index (χ0v) is 7.53. The number of benzene rings is 1. The first-order valence-electron chi connectivity index (χ1n) is 4.84. The average Bonchev–Trinajstić information content (AvgIpc) is 2.65. The third kappa shape index (κ3) is 0.966. The SMILES string of the molecule is C1=C[N+]2=C(C1)CCc1ccccc12. The minimum Gasteiger partial charge on any atom is -0.168 e. The van der Waals surface area contributed by atoms with E-state index in [2.05, 4.69) is 41.1 Å². The van der Waals surface area contributed by atoms with Crippen molar-refractivity contribution >= 4 is 11.4 Å². The quantitative estimate of drug-likeness (QED) is 0.526. The van der Waals surface area contributed by atoms with Crippen LogP contribution in [0.15, 0.2) is 36.5 Å². The van der Waals surface area contributed by atoms with E-state index in [1.165, 1.54) is 24.1 Å². The number of fused-ring (bicyclic) bond motifs is 2. The Morgan fingerprint density at radius 3 is 3.00 bits per heavy atom. The highest BCUT2D eigenvalue weighted by atomic mass is 15.0. The molecule has 64 valence electrons. The fourth-order valence-corrected chi connectivity index (χ4v) is 2.21. The number of hydrogen-bond donors (Lipinski definition) is 0. The summed E-state index contributed by atoms with van der Waals surface area (Å²) in [5.74, 6) is 0. The molecule has 0 aliphatic carbocycles. The van der Waals surface area contributed by atoms with Gasteiger partial charge < -0.3 is 0 Å². The van der Waals surface area contributed by atoms with Crippen LogP contribution in [0.5, 0.6) is 0 Å². The minimum atomic E-state index is 1.15. The van der Waals surface area contributed by atoms with Crippen molar-refractivity contribution in [2.24, 2.45) is 0 Å². The molecule has 0 bridgehead atoms. The molecule has 1 heteroatoms. The van der Waals surface area contributed by atoms with E-state index in [1.807, 2.05) is 0 Å². The van der Waals surface area contributed by atoms with Gasteiger partial charge >= 0.3 is 0 Å². The van der Waals surface area contributed by atoms with Gasteiger partial charge in [-0.25, -0.2) is 0 Å². The summed E-state index contributed by atoms with van der Waals surface area (Å²) in [6.45, 7) is 0. The number of aryl methyl sites for hydroxylation is 1. The smallest absolute Gasteiger partial charge is 0.168 e. The Bertz CT molecular complexity index is 413. The van der Waals surface area contributed by atoms with E-state index in [0.29, 0.717) is 0 Å². The molecular formula is C12H12N+. The van der Waals surface area contributed by atoms with Gasteiger partial charge in [0.05, 0.1) is 6.42 Å². The van der Waals surface area contributed by atoms with Crippen LogP contribution in [0.25, 0.3) is 0 Å². The van der Waals surface area contributed by atoms with E-state index in [1.54, 1.807) is 5.71 Å². The molecule has 13 heavy (non-hydrogen) atoms. The Kier molecular flexibility index (Phi) is 1.39. The van der Waals surface area contributed by atoms with Crippen LogP contribution in [0.3, 0.4) is 0 Å². The molecule has 0 spiro atoms. The van der Waals surface area contributed by atoms with Crippen LogP contribution >= 0.6 is 0 Å². The molecule has 0 N–H and O–H groups in total. The maximum absolute atomic E-state index is 2.35. The van der Waals surface area contributed by atoms with E-state index < -0.39 is 0 Å². The molecule has 2 aliphatic rings. The zero-order chi connectivity index (χ0) is 8.67. The minimum absolute atomic E-state index is 1.15. The Morgan fingerprint density at radius 1 is 1.08 bits per heavy atom. The van der Waals surface area contributed by atoms with Crippen molar-refractivity contribution < 1.29 is 4.58 Å². The third-order valence-corrected chi connectivity index (χ3v) is 2.88. The van der Waals surface area contributed by atoms with Crippen molar-refractivity contribution in [3.63, 3.8) is 0 Å². The molecule has 0 atom stereocenters. The van der Waals surface area contributed by atoms with Gasteiger partial charge in [0.1, 0.15) is 0 Å². The van der Waals surface area contributed by atoms with Crippen LogP contribution in [-0.2, 0) is 6.42 Å². The Balaban J connectivity index is 2.23. The van der Waals surface area contributed by atoms with Gasteiger partial charge in [-0.15, -0.1) is 0 Å². The summed E-state index contributed by atoms with van der Waals surface area (Å²) >= 11 is 0. The Morgan fingerprint density at radius 2 is 2.00 bits per heavy atom. The number of nitrogens with zero attached hydrogens (tertiary/aromatic N) is 1. The lowest BCUT2D eigenvalue weighted by Gasteiger charge is -2.10. The molecule has 3 rings (SSSR count). The first-order chi connectivity index (χ1) is 6.45. The van der Waals surface area contributed by atoms with Gasteiger partial charge in [0.15, 0.2) is 11.9 Å². The molecule has 1 aromatic rings. The molecule has 0 saturated heterocycles. The predicted molar refractivity (Wildman–Crippen MR) is 53.4 cm³/mol. The van der Waals surface area contributed by atoms with Crippen LogP contribution in [0.4, 0.5) is 5.69 Å². The van der Waals surface area contributed by atoms with E-state index in [0.717, 1.165) is 6.42 Å². The molecule has 0 aromatic heterocycles. The summed E-state index contributed by atoms with van der Waals surface area (Å²) in [6.07, 6.45) is 8.03. The first kappa shape index (κ1) is 7.07. The summed E-state index contributed by atoms with van der Waals surface area (Å²) < 4.78 is 2.35. The highest BCUT2D eigenvalue weighted by molar-refractivity contribution is 5.85. The molecule has 0 amide bonds. The summed E-state index contributed by atoms with van der Waals surface area (Å²) in [5.41, 5.74) is 4.43. The number of rotatable bonds is 0. The maximum Gasteiger partial charge on any atom is 0.213 e. The number of para-hydroxylation sites is 1. The second kappa shape index (κ2) is 2.56. The zero-order valence-electron chi connectivity index (χ0n) is 7.53. The van der Waals surface area contributed by atoms with Gasteiger partial charge in [0.25, 0.3) is 0 Å². The van der Waals surface area contributed by atoms with Gasteiger partial charge in [0.2, 0.25) is 5.69 Å². The van der Waals surface area contributed by atoms with Crippen LogP contribution in [0.2, 0.25) is 0 Å². The van der Waals surface area contributed by atoms with Gasteiger partial charge in [0, 0.05) is 18.1 Å². The molecule has 2 heterocycles. The van der Waals surface area contributed by atoms with Crippen LogP contribution in [-0.4, -0.2) is 10.3 Å². The second-order valence-electron chi connectivity index (χ2n) is 3.65. The number of hydrogen-bond acceptors (Lipinski definition) is 0. The monoisotopic (exact) mass is 170 g/mol. The summed E-state index contributed by atoms with van der Waals surface area (Å²) in [4.78, 5) is 0. The van der Waals surface area contributed by atoms with Crippen LogP contribution in [0.1, 0.15) is 18.4 Å². The topological polar surface area (TPSA) is 3.01 Å². The molecule has 1 aromatic carbocycles. The van der Waals surface area contributed by atoms with E-state index in [9.17, 15) is 0 Å². The highest BCUT2D eigenvalue weighted by Crippen LogP contribution is 2.28. The van der Waals surface area contributed by atoms with Gasteiger partial charge in [-0.2, -0.15) is 4.58 Å². The fraction of sp³-hybridized carbons (Fsp3) is 0.250. The second-order valence-corrected chi connectivity index (χ2v) is 3.65. The normalized spacial score (nSPS) is 18.8. The van der Waals surface area contributed by atoms with E-state index in [-0.39, 0.29) is 0 Å². The number of allylic oxidation sites excluding steroid dienone is 1. The van der Waals surface area contributed by atoms with Crippen molar-refractivity contribution in [1.82, 2.24) is 0 Å². The fourth-order valence-electron chi connectivity index (χ4n) is 2.21. The first-order valence-corrected chi connectivity index (χ1v) is 4.84. The predicted octanol–water partition coefficient (Wildman–Crippen LogP) is 2.64. The van der Waals surface area contributed by atoms with Gasteiger partial charge in [-0.05, 0) is 12.5 Å². The van der Waals surface area contributed by atoms with E-state index in [4.69, 9.17) is 0 Å². The Hall–Kier alpha value is -1.37.